The molecule has 0 saturated heterocycles. The molecule has 0 saturated carbocycles. The van der Waals surface area contributed by atoms with Gasteiger partial charge in [-0.25, -0.2) is 8.42 Å². The van der Waals surface area contributed by atoms with Gasteiger partial charge in [0, 0.05) is 20.9 Å². The van der Waals surface area contributed by atoms with Crippen LogP contribution in [0.2, 0.25) is 0 Å². The van der Waals surface area contributed by atoms with Crippen molar-refractivity contribution in [3.63, 3.8) is 0 Å². The summed E-state index contributed by atoms with van der Waals surface area (Å²) < 4.78 is 22.4. The van der Waals surface area contributed by atoms with E-state index in [-0.39, 0.29) is 15.4 Å². The molecule has 0 aliphatic rings. The third-order valence-electron chi connectivity index (χ3n) is 1.65. The monoisotopic (exact) mass is 325 g/mol. The van der Waals surface area contributed by atoms with Gasteiger partial charge in [0.1, 0.15) is 11.0 Å². The molecule has 1 aromatic rings. The molecule has 0 N–H and O–H groups in total. The third kappa shape index (κ3) is 2.88. The molecule has 0 spiro atoms. The van der Waals surface area contributed by atoms with E-state index in [9.17, 15) is 8.42 Å². The van der Waals surface area contributed by atoms with Gasteiger partial charge in [0.2, 0.25) is 0 Å². The molecule has 1 aromatic carbocycles. The fourth-order valence-electron chi connectivity index (χ4n) is 1.09. The summed E-state index contributed by atoms with van der Waals surface area (Å²) in [5.41, 5.74) is 0.771. The highest BCUT2D eigenvalue weighted by molar-refractivity contribution is 9.08. The van der Waals surface area contributed by atoms with Gasteiger partial charge >= 0.3 is 0 Å². The lowest BCUT2D eigenvalue weighted by Crippen LogP contribution is -1.98. The van der Waals surface area contributed by atoms with Crippen LogP contribution in [0.5, 0.6) is 0 Å². The number of hydrogen-bond donors (Lipinski definition) is 1. The van der Waals surface area contributed by atoms with Crippen LogP contribution in [0, 0.1) is 11.3 Å². The molecule has 3 nitrogen and oxygen atoms in total. The van der Waals surface area contributed by atoms with Crippen LogP contribution in [0.15, 0.2) is 21.9 Å². The van der Waals surface area contributed by atoms with Crippen LogP contribution in [0.1, 0.15) is 11.1 Å². The second kappa shape index (κ2) is 4.74. The topological polar surface area (TPSA) is 57.9 Å². The van der Waals surface area contributed by atoms with Crippen molar-refractivity contribution in [1.82, 2.24) is 0 Å². The summed E-state index contributed by atoms with van der Waals surface area (Å²) in [7, 11) is 1.26. The molecule has 0 fully saturated rings. The molecule has 0 aliphatic heterocycles. The molecule has 1 rings (SSSR count). The minimum atomic E-state index is -3.94. The van der Waals surface area contributed by atoms with Gasteiger partial charge in [0.05, 0.1) is 5.56 Å². The van der Waals surface area contributed by atoms with Gasteiger partial charge in [-0.1, -0.05) is 15.9 Å². The quantitative estimate of drug-likeness (QED) is 0.516. The van der Waals surface area contributed by atoms with Crippen LogP contribution < -0.4 is 0 Å². The Morgan fingerprint density at radius 3 is 2.53 bits per heavy atom. The number of benzene rings is 1. The molecule has 0 bridgehead atoms. The van der Waals surface area contributed by atoms with E-state index in [1.807, 2.05) is 0 Å². The van der Waals surface area contributed by atoms with E-state index >= 15 is 0 Å². The molecular weight excluding hydrogens is 322 g/mol. The van der Waals surface area contributed by atoms with Crippen LogP contribution in [-0.4, -0.2) is 8.42 Å². The number of halogens is 2. The predicted molar refractivity (Wildman–Crippen MR) is 64.1 cm³/mol. The van der Waals surface area contributed by atoms with Crippen molar-refractivity contribution in [2.24, 2.45) is 0 Å². The lowest BCUT2D eigenvalue weighted by Gasteiger charge is -2.05. The molecule has 7 heteroatoms. The predicted octanol–water partition coefficient (Wildman–Crippen LogP) is 2.67. The minimum Gasteiger partial charge on any atom is -0.207 e. The second-order valence-electron chi connectivity index (χ2n) is 2.67. The van der Waals surface area contributed by atoms with Crippen molar-refractivity contribution in [3.8, 4) is 6.07 Å². The molecule has 0 atom stereocenters. The first kappa shape index (κ1) is 12.8. The van der Waals surface area contributed by atoms with Crippen LogP contribution in [0.4, 0.5) is 0 Å². The zero-order chi connectivity index (χ0) is 11.6. The van der Waals surface area contributed by atoms with Gasteiger partial charge in [-0.05, 0) is 17.7 Å². The summed E-state index contributed by atoms with van der Waals surface area (Å²) in [5, 5.41) is 9.32. The number of hydrogen-bond acceptors (Lipinski definition) is 4. The summed E-state index contributed by atoms with van der Waals surface area (Å²) in [5.74, 6) is 0. The van der Waals surface area contributed by atoms with Crippen LogP contribution in [-0.2, 0) is 14.4 Å². The van der Waals surface area contributed by atoms with Crippen molar-refractivity contribution in [3.05, 3.63) is 23.3 Å². The van der Waals surface area contributed by atoms with Gasteiger partial charge < -0.3 is 0 Å². The number of nitriles is 1. The van der Waals surface area contributed by atoms with Crippen molar-refractivity contribution < 1.29 is 8.42 Å². The first-order valence-corrected chi connectivity index (χ1v) is 7.54. The fourth-order valence-corrected chi connectivity index (χ4v) is 3.39. The molecule has 0 radical (unpaired) electrons. The average Bonchev–Trinajstić information content (AvgIpc) is 2.14. The zero-order valence-corrected chi connectivity index (χ0v) is 11.3. The Kier molecular flexibility index (Phi) is 4.06. The van der Waals surface area contributed by atoms with Crippen molar-refractivity contribution in [2.45, 2.75) is 15.1 Å². The second-order valence-corrected chi connectivity index (χ2v) is 6.22. The summed E-state index contributed by atoms with van der Waals surface area (Å²) in [6.45, 7) is 0. The van der Waals surface area contributed by atoms with Gasteiger partial charge in [0.15, 0.2) is 0 Å². The number of thiol groups is 1. The molecule has 0 aliphatic carbocycles. The third-order valence-corrected chi connectivity index (χ3v) is 4.19. The van der Waals surface area contributed by atoms with Crippen molar-refractivity contribution >= 4 is 48.3 Å². The molecule has 0 aromatic heterocycles. The van der Waals surface area contributed by atoms with E-state index in [0.717, 1.165) is 5.56 Å². The molecule has 80 valence electrons. The maximum Gasteiger partial charge on any atom is 0.263 e. The molecular formula is C8H5BrClNO2S2. The summed E-state index contributed by atoms with van der Waals surface area (Å²) in [6, 6.07) is 4.80. The number of alkyl halides is 1. The SMILES string of the molecule is N#Cc1cc(CBr)cc(S)c1S(=O)(=O)Cl. The van der Waals surface area contributed by atoms with E-state index in [1.165, 1.54) is 6.07 Å². The van der Waals surface area contributed by atoms with Gasteiger partial charge in [-0.3, -0.25) is 0 Å². The number of rotatable bonds is 2. The Morgan fingerprint density at radius 1 is 1.53 bits per heavy atom. The van der Waals surface area contributed by atoms with E-state index in [0.29, 0.717) is 5.33 Å². The van der Waals surface area contributed by atoms with Crippen molar-refractivity contribution in [1.29, 1.82) is 5.26 Å². The number of nitrogens with zero attached hydrogens (tertiary/aromatic N) is 1. The summed E-state index contributed by atoms with van der Waals surface area (Å²) in [4.78, 5) is -0.0572. The first-order valence-electron chi connectivity index (χ1n) is 3.66. The highest BCUT2D eigenvalue weighted by Gasteiger charge is 2.20. The summed E-state index contributed by atoms with van der Waals surface area (Å²) in [6.07, 6.45) is 0. The Bertz CT molecular complexity index is 536. The van der Waals surface area contributed by atoms with Crippen LogP contribution in [0.3, 0.4) is 0 Å². The van der Waals surface area contributed by atoms with E-state index in [4.69, 9.17) is 15.9 Å². The highest BCUT2D eigenvalue weighted by Crippen LogP contribution is 2.28. The largest absolute Gasteiger partial charge is 0.263 e. The highest BCUT2D eigenvalue weighted by atomic mass is 79.9. The Balaban J connectivity index is 3.61. The van der Waals surface area contributed by atoms with Crippen LogP contribution in [0.25, 0.3) is 0 Å². The Morgan fingerprint density at radius 2 is 2.13 bits per heavy atom. The normalized spacial score (nSPS) is 11.1. The standard InChI is InChI=1S/C8H5BrClNO2S2/c9-3-5-1-6(4-11)8(7(14)2-5)15(10,12)13/h1-2,14H,3H2. The molecule has 0 amide bonds. The Hall–Kier alpha value is -0.220. The van der Waals surface area contributed by atoms with Crippen molar-refractivity contribution in [2.75, 3.05) is 0 Å². The van der Waals surface area contributed by atoms with E-state index in [2.05, 4.69) is 28.6 Å². The molecule has 0 unspecified atom stereocenters. The van der Waals surface area contributed by atoms with Crippen LogP contribution >= 0.6 is 39.2 Å². The van der Waals surface area contributed by atoms with E-state index in [1.54, 1.807) is 12.1 Å². The van der Waals surface area contributed by atoms with Gasteiger partial charge in [0.25, 0.3) is 9.05 Å². The van der Waals surface area contributed by atoms with Gasteiger partial charge in [-0.15, -0.1) is 12.6 Å². The minimum absolute atomic E-state index is 0.00644. The maximum atomic E-state index is 11.2. The Labute approximate surface area is 106 Å². The van der Waals surface area contributed by atoms with Gasteiger partial charge in [-0.2, -0.15) is 5.26 Å². The lowest BCUT2D eigenvalue weighted by atomic mass is 10.1. The lowest BCUT2D eigenvalue weighted by molar-refractivity contribution is 0.607. The summed E-state index contributed by atoms with van der Waals surface area (Å²) >= 11 is 7.21. The van der Waals surface area contributed by atoms with E-state index < -0.39 is 9.05 Å². The smallest absolute Gasteiger partial charge is 0.207 e. The molecule has 15 heavy (non-hydrogen) atoms. The first-order chi connectivity index (χ1) is 6.90. The maximum absolute atomic E-state index is 11.2. The zero-order valence-electron chi connectivity index (χ0n) is 7.24. The average molecular weight is 327 g/mol. The fraction of sp³-hybridized carbons (Fsp3) is 0.125. The molecule has 0 heterocycles.